The van der Waals surface area contributed by atoms with Crippen molar-refractivity contribution in [3.8, 4) is 0 Å². The van der Waals surface area contributed by atoms with Gasteiger partial charge in [0.05, 0.1) is 6.10 Å². The monoisotopic (exact) mass is 136 g/mol. The number of aldehydes is 1. The van der Waals surface area contributed by atoms with E-state index in [1.165, 1.54) is 0 Å². The molecule has 54 valence electrons. The molecule has 0 heterocycles. The lowest BCUT2D eigenvalue weighted by Crippen LogP contribution is -2.27. The van der Waals surface area contributed by atoms with Crippen LogP contribution in [0.3, 0.4) is 0 Å². The fraction of sp³-hybridized carbons (Fsp3) is 0.800. The zero-order valence-electron chi connectivity index (χ0n) is 4.83. The van der Waals surface area contributed by atoms with Crippen LogP contribution >= 0.6 is 0 Å². The number of halogens is 1. The summed E-state index contributed by atoms with van der Waals surface area (Å²) in [6.07, 6.45) is -2.46. The molecule has 0 saturated heterocycles. The Hall–Kier alpha value is -0.480. The molecule has 0 aromatic heterocycles. The van der Waals surface area contributed by atoms with Gasteiger partial charge in [-0.2, -0.15) is 0 Å². The summed E-state index contributed by atoms with van der Waals surface area (Å²) in [5.74, 6) is 0. The van der Waals surface area contributed by atoms with Gasteiger partial charge in [-0.15, -0.1) is 0 Å². The Labute approximate surface area is 52.1 Å². The molecule has 0 aliphatic heterocycles. The number of rotatable bonds is 4. The molecule has 0 unspecified atom stereocenters. The smallest absolute Gasteiger partial charge is 0.122 e. The lowest BCUT2D eigenvalue weighted by Gasteiger charge is -2.10. The van der Waals surface area contributed by atoms with Crippen LogP contribution in [-0.2, 0) is 4.79 Å². The van der Waals surface area contributed by atoms with Crippen LogP contribution < -0.4 is 0 Å². The molecule has 0 fully saturated rings. The maximum Gasteiger partial charge on any atom is 0.122 e. The highest BCUT2D eigenvalue weighted by atomic mass is 19.1. The van der Waals surface area contributed by atoms with E-state index in [-0.39, 0.29) is 6.42 Å². The predicted molar refractivity (Wildman–Crippen MR) is 28.7 cm³/mol. The van der Waals surface area contributed by atoms with E-state index in [0.29, 0.717) is 6.29 Å². The second-order valence-electron chi connectivity index (χ2n) is 1.69. The van der Waals surface area contributed by atoms with Gasteiger partial charge in [-0.25, -0.2) is 4.39 Å². The van der Waals surface area contributed by atoms with Gasteiger partial charge in [0.25, 0.3) is 0 Å². The average molecular weight is 136 g/mol. The summed E-state index contributed by atoms with van der Waals surface area (Å²) in [4.78, 5) is 9.64. The van der Waals surface area contributed by atoms with Gasteiger partial charge in [0.2, 0.25) is 0 Å². The molecule has 0 bridgehead atoms. The quantitative estimate of drug-likeness (QED) is 0.501. The van der Waals surface area contributed by atoms with Crippen LogP contribution in [-0.4, -0.2) is 35.4 Å². The number of carbonyl (C=O) groups is 1. The topological polar surface area (TPSA) is 57.5 Å². The van der Waals surface area contributed by atoms with E-state index in [1.807, 2.05) is 0 Å². The molecular formula is C5H9FO3. The molecule has 4 heteroatoms. The molecule has 0 aromatic rings. The van der Waals surface area contributed by atoms with Crippen molar-refractivity contribution in [1.82, 2.24) is 0 Å². The van der Waals surface area contributed by atoms with Crippen LogP contribution in [0.5, 0.6) is 0 Å². The predicted octanol–water partition coefficient (Wildman–Crippen LogP) is -0.733. The largest absolute Gasteiger partial charge is 0.390 e. The highest BCUT2D eigenvalue weighted by molar-refractivity contribution is 5.50. The SMILES string of the molecule is O=CC[C@H](O)[C@H](O)CF. The molecule has 0 spiro atoms. The highest BCUT2D eigenvalue weighted by Gasteiger charge is 2.14. The highest BCUT2D eigenvalue weighted by Crippen LogP contribution is 1.96. The van der Waals surface area contributed by atoms with Gasteiger partial charge in [-0.3, -0.25) is 0 Å². The number of alkyl halides is 1. The van der Waals surface area contributed by atoms with Gasteiger partial charge in [-0.1, -0.05) is 0 Å². The minimum atomic E-state index is -1.42. The van der Waals surface area contributed by atoms with Gasteiger partial charge >= 0.3 is 0 Å². The molecule has 0 rings (SSSR count). The molecule has 2 N–H and O–H groups in total. The number of hydrogen-bond donors (Lipinski definition) is 2. The number of hydrogen-bond acceptors (Lipinski definition) is 3. The Morgan fingerprint density at radius 3 is 2.33 bits per heavy atom. The van der Waals surface area contributed by atoms with E-state index >= 15 is 0 Å². The van der Waals surface area contributed by atoms with Crippen molar-refractivity contribution in [3.05, 3.63) is 0 Å². The first-order chi connectivity index (χ1) is 4.22. The van der Waals surface area contributed by atoms with E-state index in [1.54, 1.807) is 0 Å². The van der Waals surface area contributed by atoms with Crippen LogP contribution in [0.1, 0.15) is 6.42 Å². The van der Waals surface area contributed by atoms with E-state index in [0.717, 1.165) is 0 Å². The van der Waals surface area contributed by atoms with Gasteiger partial charge in [0, 0.05) is 6.42 Å². The lowest BCUT2D eigenvalue weighted by atomic mass is 10.2. The summed E-state index contributed by atoms with van der Waals surface area (Å²) in [6.45, 7) is -1.02. The second kappa shape index (κ2) is 4.40. The minimum Gasteiger partial charge on any atom is -0.390 e. The normalized spacial score (nSPS) is 16.8. The van der Waals surface area contributed by atoms with Crippen LogP contribution in [0.4, 0.5) is 4.39 Å². The van der Waals surface area contributed by atoms with Crippen molar-refractivity contribution >= 4 is 6.29 Å². The van der Waals surface area contributed by atoms with Crippen molar-refractivity contribution in [1.29, 1.82) is 0 Å². The van der Waals surface area contributed by atoms with Gasteiger partial charge in [0.15, 0.2) is 0 Å². The fourth-order valence-corrected chi connectivity index (χ4v) is 0.359. The Morgan fingerprint density at radius 2 is 2.00 bits per heavy atom. The molecule has 0 aromatic carbocycles. The van der Waals surface area contributed by atoms with E-state index in [4.69, 9.17) is 10.2 Å². The van der Waals surface area contributed by atoms with Crippen LogP contribution in [0.25, 0.3) is 0 Å². The number of aliphatic hydroxyl groups excluding tert-OH is 2. The van der Waals surface area contributed by atoms with Crippen molar-refractivity contribution < 1.29 is 19.4 Å². The molecule has 0 radical (unpaired) electrons. The first-order valence-electron chi connectivity index (χ1n) is 2.58. The Bertz CT molecular complexity index is 86.3. The first-order valence-corrected chi connectivity index (χ1v) is 2.58. The Morgan fingerprint density at radius 1 is 1.44 bits per heavy atom. The van der Waals surface area contributed by atoms with Crippen molar-refractivity contribution in [2.45, 2.75) is 18.6 Å². The first kappa shape index (κ1) is 8.52. The third-order valence-electron chi connectivity index (χ3n) is 0.940. The van der Waals surface area contributed by atoms with Gasteiger partial charge < -0.3 is 15.0 Å². The third kappa shape index (κ3) is 3.16. The van der Waals surface area contributed by atoms with Crippen molar-refractivity contribution in [3.63, 3.8) is 0 Å². The van der Waals surface area contributed by atoms with E-state index < -0.39 is 18.9 Å². The average Bonchev–Trinajstić information content (AvgIpc) is 1.87. The van der Waals surface area contributed by atoms with Gasteiger partial charge in [-0.05, 0) is 0 Å². The van der Waals surface area contributed by atoms with Crippen LogP contribution in [0.2, 0.25) is 0 Å². The van der Waals surface area contributed by atoms with Crippen LogP contribution in [0, 0.1) is 0 Å². The molecule has 0 aliphatic carbocycles. The van der Waals surface area contributed by atoms with Crippen LogP contribution in [0.15, 0.2) is 0 Å². The maximum atomic E-state index is 11.4. The Kier molecular flexibility index (Phi) is 4.17. The molecule has 3 nitrogen and oxygen atoms in total. The minimum absolute atomic E-state index is 0.217. The van der Waals surface area contributed by atoms with Crippen molar-refractivity contribution in [2.75, 3.05) is 6.67 Å². The van der Waals surface area contributed by atoms with Crippen molar-refractivity contribution in [2.24, 2.45) is 0 Å². The molecule has 0 amide bonds. The molecule has 0 saturated carbocycles. The molecule has 2 atom stereocenters. The zero-order valence-corrected chi connectivity index (χ0v) is 4.83. The third-order valence-corrected chi connectivity index (χ3v) is 0.940. The standard InChI is InChI=1S/C5H9FO3/c6-3-5(9)4(8)1-2-7/h2,4-5,8-9H,1,3H2/t4-,5+/m0/s1. The zero-order chi connectivity index (χ0) is 7.28. The summed E-state index contributed by atoms with van der Waals surface area (Å²) >= 11 is 0. The molecule has 9 heavy (non-hydrogen) atoms. The lowest BCUT2D eigenvalue weighted by molar-refractivity contribution is -0.111. The summed E-state index contributed by atoms with van der Waals surface area (Å²) in [5, 5.41) is 17.1. The molecular weight excluding hydrogens is 127 g/mol. The maximum absolute atomic E-state index is 11.4. The van der Waals surface area contributed by atoms with Gasteiger partial charge in [0.1, 0.15) is 19.1 Å². The summed E-state index contributed by atoms with van der Waals surface area (Å²) in [6, 6.07) is 0. The number of carbonyl (C=O) groups excluding carboxylic acids is 1. The number of aliphatic hydroxyl groups is 2. The van der Waals surface area contributed by atoms with E-state index in [2.05, 4.69) is 0 Å². The summed E-state index contributed by atoms with van der Waals surface area (Å²) < 4.78 is 11.4. The molecule has 0 aliphatic rings. The second-order valence-corrected chi connectivity index (χ2v) is 1.69. The van der Waals surface area contributed by atoms with E-state index in [9.17, 15) is 9.18 Å². The summed E-state index contributed by atoms with van der Waals surface area (Å²) in [7, 11) is 0. The fourth-order valence-electron chi connectivity index (χ4n) is 0.359. The summed E-state index contributed by atoms with van der Waals surface area (Å²) in [5.41, 5.74) is 0. The Balaban J connectivity index is 3.44.